The van der Waals surface area contributed by atoms with Crippen LogP contribution in [0.1, 0.15) is 5.56 Å². The molecular formula is C18H12O2. The molecule has 0 aliphatic rings. The highest BCUT2D eigenvalue weighted by molar-refractivity contribution is 6.23. The Morgan fingerprint density at radius 2 is 1.30 bits per heavy atom. The Morgan fingerprint density at radius 3 is 1.85 bits per heavy atom. The molecule has 0 aliphatic carbocycles. The van der Waals surface area contributed by atoms with Gasteiger partial charge in [0.15, 0.2) is 0 Å². The summed E-state index contributed by atoms with van der Waals surface area (Å²) in [6, 6.07) is 18.6. The van der Waals surface area contributed by atoms with Gasteiger partial charge in [-0.05, 0) is 37.9 Å². The molecule has 0 saturated carbocycles. The van der Waals surface area contributed by atoms with Crippen molar-refractivity contribution in [3.63, 3.8) is 0 Å². The standard InChI is InChI=1S/C18H12O2/c19-16(20)10-11-8-14-6-4-12-2-1-3-13-5-7-15(9-11)18(14)17(12)13/h1-9H,10H2,(H,19,20). The van der Waals surface area contributed by atoms with Crippen molar-refractivity contribution in [1.82, 2.24) is 0 Å². The smallest absolute Gasteiger partial charge is 0.307 e. The van der Waals surface area contributed by atoms with Gasteiger partial charge in [-0.2, -0.15) is 0 Å². The van der Waals surface area contributed by atoms with E-state index in [2.05, 4.69) is 42.5 Å². The van der Waals surface area contributed by atoms with Crippen LogP contribution in [0.2, 0.25) is 0 Å². The normalized spacial score (nSPS) is 11.6. The summed E-state index contributed by atoms with van der Waals surface area (Å²) in [6.07, 6.45) is 0.0659. The van der Waals surface area contributed by atoms with E-state index in [4.69, 9.17) is 5.11 Å². The number of carboxylic acids is 1. The van der Waals surface area contributed by atoms with Crippen molar-refractivity contribution in [2.24, 2.45) is 0 Å². The van der Waals surface area contributed by atoms with Gasteiger partial charge in [0.2, 0.25) is 0 Å². The topological polar surface area (TPSA) is 37.3 Å². The third kappa shape index (κ3) is 1.55. The van der Waals surface area contributed by atoms with Crippen molar-refractivity contribution in [3.8, 4) is 0 Å². The fraction of sp³-hybridized carbons (Fsp3) is 0.0556. The van der Waals surface area contributed by atoms with Gasteiger partial charge in [0.25, 0.3) is 0 Å². The molecule has 0 aromatic heterocycles. The molecule has 4 rings (SSSR count). The first-order chi connectivity index (χ1) is 9.72. The van der Waals surface area contributed by atoms with Crippen LogP contribution < -0.4 is 0 Å². The largest absolute Gasteiger partial charge is 0.481 e. The zero-order chi connectivity index (χ0) is 13.7. The third-order valence-corrected chi connectivity index (χ3v) is 3.88. The summed E-state index contributed by atoms with van der Waals surface area (Å²) in [4.78, 5) is 10.9. The van der Waals surface area contributed by atoms with E-state index < -0.39 is 5.97 Å². The van der Waals surface area contributed by atoms with E-state index in [0.717, 1.165) is 16.3 Å². The van der Waals surface area contributed by atoms with Crippen molar-refractivity contribution in [3.05, 3.63) is 60.2 Å². The molecule has 2 heteroatoms. The second-order valence-electron chi connectivity index (χ2n) is 5.20. The number of hydrogen-bond acceptors (Lipinski definition) is 1. The molecule has 0 fully saturated rings. The van der Waals surface area contributed by atoms with Crippen molar-refractivity contribution < 1.29 is 9.90 Å². The second kappa shape index (κ2) is 3.94. The van der Waals surface area contributed by atoms with Crippen LogP contribution in [0, 0.1) is 0 Å². The predicted octanol–water partition coefficient (Wildman–Crippen LogP) is 4.21. The average molecular weight is 260 g/mol. The highest BCUT2D eigenvalue weighted by Gasteiger charge is 2.10. The Bertz CT molecular complexity index is 890. The number of rotatable bonds is 2. The molecule has 0 heterocycles. The van der Waals surface area contributed by atoms with Crippen molar-refractivity contribution in [1.29, 1.82) is 0 Å². The van der Waals surface area contributed by atoms with Crippen LogP contribution in [0.15, 0.2) is 54.6 Å². The van der Waals surface area contributed by atoms with Gasteiger partial charge in [-0.1, -0.05) is 54.6 Å². The number of carbonyl (C=O) groups is 1. The molecule has 0 radical (unpaired) electrons. The summed E-state index contributed by atoms with van der Waals surface area (Å²) >= 11 is 0. The van der Waals surface area contributed by atoms with E-state index >= 15 is 0 Å². The van der Waals surface area contributed by atoms with Gasteiger partial charge in [0.1, 0.15) is 0 Å². The van der Waals surface area contributed by atoms with Gasteiger partial charge in [0, 0.05) is 0 Å². The molecule has 0 aliphatic heterocycles. The van der Waals surface area contributed by atoms with Gasteiger partial charge in [-0.25, -0.2) is 0 Å². The minimum absolute atomic E-state index is 0.0659. The van der Waals surface area contributed by atoms with E-state index in [1.807, 2.05) is 12.1 Å². The SMILES string of the molecule is O=C(O)Cc1cc2ccc3cccc4ccc(c1)c2c34. The van der Waals surface area contributed by atoms with E-state index in [0.29, 0.717) is 0 Å². The summed E-state index contributed by atoms with van der Waals surface area (Å²) in [7, 11) is 0. The van der Waals surface area contributed by atoms with Crippen LogP contribution in [-0.4, -0.2) is 11.1 Å². The van der Waals surface area contributed by atoms with Crippen LogP contribution in [0.25, 0.3) is 32.3 Å². The monoisotopic (exact) mass is 260 g/mol. The Balaban J connectivity index is 2.16. The number of hydrogen-bond donors (Lipinski definition) is 1. The second-order valence-corrected chi connectivity index (χ2v) is 5.20. The number of carboxylic acid groups (broad SMARTS) is 1. The van der Waals surface area contributed by atoms with Crippen LogP contribution in [0.3, 0.4) is 0 Å². The van der Waals surface area contributed by atoms with Crippen molar-refractivity contribution in [2.75, 3.05) is 0 Å². The zero-order valence-corrected chi connectivity index (χ0v) is 10.8. The van der Waals surface area contributed by atoms with E-state index in [-0.39, 0.29) is 6.42 Å². The highest BCUT2D eigenvalue weighted by Crippen LogP contribution is 2.35. The Kier molecular flexibility index (Phi) is 2.21. The fourth-order valence-electron chi connectivity index (χ4n) is 3.09. The molecule has 4 aromatic carbocycles. The van der Waals surface area contributed by atoms with Crippen molar-refractivity contribution >= 4 is 38.3 Å². The summed E-state index contributed by atoms with van der Waals surface area (Å²) in [5.74, 6) is -0.794. The van der Waals surface area contributed by atoms with E-state index in [1.54, 1.807) is 0 Å². The maximum absolute atomic E-state index is 10.9. The molecule has 4 aromatic rings. The number of benzene rings is 4. The average Bonchev–Trinajstić information content (AvgIpc) is 2.44. The molecule has 1 N–H and O–H groups in total. The maximum atomic E-state index is 10.9. The quantitative estimate of drug-likeness (QED) is 0.548. The molecule has 0 atom stereocenters. The van der Waals surface area contributed by atoms with Crippen LogP contribution in [-0.2, 0) is 11.2 Å². The third-order valence-electron chi connectivity index (χ3n) is 3.88. The van der Waals surface area contributed by atoms with Crippen LogP contribution in [0.5, 0.6) is 0 Å². The zero-order valence-electron chi connectivity index (χ0n) is 10.8. The molecular weight excluding hydrogens is 248 g/mol. The summed E-state index contributed by atoms with van der Waals surface area (Å²) in [6.45, 7) is 0. The van der Waals surface area contributed by atoms with Crippen LogP contribution >= 0.6 is 0 Å². The lowest BCUT2D eigenvalue weighted by Gasteiger charge is -2.11. The molecule has 0 spiro atoms. The Hall–Kier alpha value is -2.61. The van der Waals surface area contributed by atoms with Crippen LogP contribution in [0.4, 0.5) is 0 Å². The minimum Gasteiger partial charge on any atom is -0.481 e. The van der Waals surface area contributed by atoms with Gasteiger partial charge in [-0.3, -0.25) is 4.79 Å². The van der Waals surface area contributed by atoms with Crippen molar-refractivity contribution in [2.45, 2.75) is 6.42 Å². The fourth-order valence-corrected chi connectivity index (χ4v) is 3.09. The molecule has 96 valence electrons. The van der Waals surface area contributed by atoms with Gasteiger partial charge in [-0.15, -0.1) is 0 Å². The summed E-state index contributed by atoms with van der Waals surface area (Å²) in [5, 5.41) is 16.2. The highest BCUT2D eigenvalue weighted by atomic mass is 16.4. The first kappa shape index (κ1) is 11.2. The lowest BCUT2D eigenvalue weighted by molar-refractivity contribution is -0.136. The van der Waals surface area contributed by atoms with Gasteiger partial charge >= 0.3 is 5.97 Å². The van der Waals surface area contributed by atoms with Gasteiger partial charge < -0.3 is 5.11 Å². The maximum Gasteiger partial charge on any atom is 0.307 e. The summed E-state index contributed by atoms with van der Waals surface area (Å²) in [5.41, 5.74) is 0.850. The first-order valence-electron chi connectivity index (χ1n) is 6.60. The predicted molar refractivity (Wildman–Crippen MR) is 81.5 cm³/mol. The Labute approximate surface area is 115 Å². The molecule has 20 heavy (non-hydrogen) atoms. The molecule has 0 saturated heterocycles. The summed E-state index contributed by atoms with van der Waals surface area (Å²) < 4.78 is 0. The van der Waals surface area contributed by atoms with E-state index in [1.165, 1.54) is 21.5 Å². The lowest BCUT2D eigenvalue weighted by Crippen LogP contribution is -2.00. The Morgan fingerprint density at radius 1 is 0.800 bits per heavy atom. The minimum atomic E-state index is -0.794. The van der Waals surface area contributed by atoms with Gasteiger partial charge in [0.05, 0.1) is 6.42 Å². The lowest BCUT2D eigenvalue weighted by atomic mass is 9.92. The molecule has 0 amide bonds. The first-order valence-corrected chi connectivity index (χ1v) is 6.60. The van der Waals surface area contributed by atoms with E-state index in [9.17, 15) is 4.79 Å². The molecule has 2 nitrogen and oxygen atoms in total. The molecule has 0 bridgehead atoms. The molecule has 0 unspecified atom stereocenters. The number of aliphatic carboxylic acids is 1.